The Balaban J connectivity index is 1.63. The van der Waals surface area contributed by atoms with Crippen molar-refractivity contribution < 1.29 is 9.59 Å². The fourth-order valence-corrected chi connectivity index (χ4v) is 3.52. The molecule has 1 aliphatic heterocycles. The molecule has 0 aromatic heterocycles. The van der Waals surface area contributed by atoms with Crippen LogP contribution in [0.3, 0.4) is 0 Å². The van der Waals surface area contributed by atoms with E-state index in [1.165, 1.54) is 12.8 Å². The summed E-state index contributed by atoms with van der Waals surface area (Å²) in [4.78, 5) is 27.6. The molecular weight excluding hydrogens is 350 g/mol. The summed E-state index contributed by atoms with van der Waals surface area (Å²) in [5.41, 5.74) is 2.82. The predicted molar refractivity (Wildman–Crippen MR) is 113 cm³/mol. The molecule has 1 atom stereocenters. The monoisotopic (exact) mass is 379 g/mol. The molecule has 2 N–H and O–H groups in total. The molecular formula is C23H29N3O2. The van der Waals surface area contributed by atoms with Crippen LogP contribution in [0.2, 0.25) is 0 Å². The zero-order valence-electron chi connectivity index (χ0n) is 16.7. The van der Waals surface area contributed by atoms with Crippen molar-refractivity contribution in [2.24, 2.45) is 5.92 Å². The molecule has 2 aromatic carbocycles. The molecule has 0 aliphatic carbocycles. The van der Waals surface area contributed by atoms with Gasteiger partial charge in [-0.2, -0.15) is 0 Å². The first-order chi connectivity index (χ1) is 13.5. The van der Waals surface area contributed by atoms with Gasteiger partial charge in [-0.05, 0) is 42.5 Å². The lowest BCUT2D eigenvalue weighted by molar-refractivity contribution is -0.127. The summed E-state index contributed by atoms with van der Waals surface area (Å²) in [5, 5.41) is 5.87. The van der Waals surface area contributed by atoms with Gasteiger partial charge < -0.3 is 15.5 Å². The highest BCUT2D eigenvalue weighted by molar-refractivity contribution is 5.97. The minimum Gasteiger partial charge on any atom is -0.371 e. The quantitative estimate of drug-likeness (QED) is 0.773. The average molecular weight is 380 g/mol. The molecule has 2 aromatic rings. The number of amides is 2. The van der Waals surface area contributed by atoms with E-state index in [1.807, 2.05) is 62.4 Å². The van der Waals surface area contributed by atoms with Gasteiger partial charge in [-0.3, -0.25) is 9.59 Å². The van der Waals surface area contributed by atoms with Crippen molar-refractivity contribution in [1.29, 1.82) is 0 Å². The van der Waals surface area contributed by atoms with Crippen molar-refractivity contribution in [2.75, 3.05) is 23.3 Å². The first kappa shape index (κ1) is 19.9. The van der Waals surface area contributed by atoms with E-state index < -0.39 is 6.04 Å². The molecule has 0 radical (unpaired) electrons. The molecule has 2 amide bonds. The van der Waals surface area contributed by atoms with Gasteiger partial charge in [-0.25, -0.2) is 0 Å². The smallest absolute Gasteiger partial charge is 0.247 e. The highest BCUT2D eigenvalue weighted by Crippen LogP contribution is 2.23. The SMILES string of the molecule is CC(C)C(NC(=O)Cc1ccccc1)C(=O)Nc1cccc(N2CCCC2)c1. The number of hydrogen-bond donors (Lipinski definition) is 2. The van der Waals surface area contributed by atoms with Crippen LogP contribution in [0.1, 0.15) is 32.3 Å². The summed E-state index contributed by atoms with van der Waals surface area (Å²) in [5.74, 6) is -0.345. The molecule has 3 rings (SSSR count). The first-order valence-electron chi connectivity index (χ1n) is 10.0. The lowest BCUT2D eigenvalue weighted by Crippen LogP contribution is -2.47. The van der Waals surface area contributed by atoms with Gasteiger partial charge in [0.15, 0.2) is 0 Å². The van der Waals surface area contributed by atoms with Crippen LogP contribution < -0.4 is 15.5 Å². The summed E-state index contributed by atoms with van der Waals surface area (Å²) in [6.07, 6.45) is 2.68. The Bertz CT molecular complexity index is 799. The second-order valence-corrected chi connectivity index (χ2v) is 7.69. The van der Waals surface area contributed by atoms with Crippen molar-refractivity contribution in [2.45, 2.75) is 39.2 Å². The lowest BCUT2D eigenvalue weighted by Gasteiger charge is -2.23. The van der Waals surface area contributed by atoms with Crippen LogP contribution in [-0.2, 0) is 16.0 Å². The summed E-state index contributed by atoms with van der Waals surface area (Å²) < 4.78 is 0. The van der Waals surface area contributed by atoms with E-state index in [2.05, 4.69) is 21.6 Å². The molecule has 1 fully saturated rings. The number of benzene rings is 2. The Morgan fingerprint density at radius 1 is 1.00 bits per heavy atom. The molecule has 0 saturated carbocycles. The third-order valence-electron chi connectivity index (χ3n) is 5.06. The van der Waals surface area contributed by atoms with Crippen LogP contribution in [0, 0.1) is 5.92 Å². The van der Waals surface area contributed by atoms with Crippen LogP contribution in [-0.4, -0.2) is 30.9 Å². The second kappa shape index (κ2) is 9.40. The largest absolute Gasteiger partial charge is 0.371 e. The number of nitrogens with one attached hydrogen (secondary N) is 2. The molecule has 0 bridgehead atoms. The molecule has 148 valence electrons. The number of hydrogen-bond acceptors (Lipinski definition) is 3. The van der Waals surface area contributed by atoms with E-state index in [-0.39, 0.29) is 24.2 Å². The highest BCUT2D eigenvalue weighted by atomic mass is 16.2. The topological polar surface area (TPSA) is 61.4 Å². The van der Waals surface area contributed by atoms with E-state index in [9.17, 15) is 9.59 Å². The van der Waals surface area contributed by atoms with Gasteiger partial charge in [-0.15, -0.1) is 0 Å². The van der Waals surface area contributed by atoms with Gasteiger partial charge in [0.05, 0.1) is 6.42 Å². The third-order valence-corrected chi connectivity index (χ3v) is 5.06. The normalized spacial score (nSPS) is 14.8. The molecule has 0 spiro atoms. The zero-order chi connectivity index (χ0) is 19.9. The van der Waals surface area contributed by atoms with Gasteiger partial charge in [-0.1, -0.05) is 50.2 Å². The lowest BCUT2D eigenvalue weighted by atomic mass is 10.0. The van der Waals surface area contributed by atoms with Crippen molar-refractivity contribution >= 4 is 23.2 Å². The van der Waals surface area contributed by atoms with E-state index in [4.69, 9.17) is 0 Å². The van der Waals surface area contributed by atoms with Gasteiger partial charge in [0.2, 0.25) is 11.8 Å². The number of nitrogens with zero attached hydrogens (tertiary/aromatic N) is 1. The fourth-order valence-electron chi connectivity index (χ4n) is 3.52. The number of carbonyl (C=O) groups is 2. The summed E-state index contributed by atoms with van der Waals surface area (Å²) in [7, 11) is 0. The molecule has 5 heteroatoms. The number of carbonyl (C=O) groups excluding carboxylic acids is 2. The number of anilines is 2. The maximum absolute atomic E-state index is 12.8. The fraction of sp³-hybridized carbons (Fsp3) is 0.391. The average Bonchev–Trinajstić information content (AvgIpc) is 3.22. The summed E-state index contributed by atoms with van der Waals surface area (Å²) in [6, 6.07) is 16.9. The molecule has 5 nitrogen and oxygen atoms in total. The molecule has 1 unspecified atom stereocenters. The van der Waals surface area contributed by atoms with E-state index >= 15 is 0 Å². The summed E-state index contributed by atoms with van der Waals surface area (Å²) in [6.45, 7) is 5.99. The molecule has 1 heterocycles. The first-order valence-corrected chi connectivity index (χ1v) is 10.0. The zero-order valence-corrected chi connectivity index (χ0v) is 16.7. The Hall–Kier alpha value is -2.82. The Labute approximate surface area is 167 Å². The minimum atomic E-state index is -0.577. The van der Waals surface area contributed by atoms with Gasteiger partial charge in [0.1, 0.15) is 6.04 Å². The van der Waals surface area contributed by atoms with E-state index in [1.54, 1.807) is 0 Å². The molecule has 1 aliphatic rings. The Kier molecular flexibility index (Phi) is 6.69. The maximum atomic E-state index is 12.8. The van der Waals surface area contributed by atoms with Gasteiger partial charge >= 0.3 is 0 Å². The van der Waals surface area contributed by atoms with Crippen molar-refractivity contribution in [3.8, 4) is 0 Å². The Morgan fingerprint density at radius 2 is 1.71 bits per heavy atom. The minimum absolute atomic E-state index is 0.0125. The van der Waals surface area contributed by atoms with Crippen LogP contribution >= 0.6 is 0 Å². The van der Waals surface area contributed by atoms with Crippen LogP contribution in [0.5, 0.6) is 0 Å². The molecule has 28 heavy (non-hydrogen) atoms. The summed E-state index contributed by atoms with van der Waals surface area (Å²) >= 11 is 0. The second-order valence-electron chi connectivity index (χ2n) is 7.69. The van der Waals surface area contributed by atoms with Crippen LogP contribution in [0.4, 0.5) is 11.4 Å². The molecule has 1 saturated heterocycles. The van der Waals surface area contributed by atoms with Crippen LogP contribution in [0.25, 0.3) is 0 Å². The van der Waals surface area contributed by atoms with Crippen LogP contribution in [0.15, 0.2) is 54.6 Å². The standard InChI is InChI=1S/C23H29N3O2/c1-17(2)22(25-21(27)15-18-9-4-3-5-10-18)23(28)24-19-11-8-12-20(16-19)26-13-6-7-14-26/h3-5,8-12,16-17,22H,6-7,13-15H2,1-2H3,(H,24,28)(H,25,27). The third kappa shape index (κ3) is 5.35. The highest BCUT2D eigenvalue weighted by Gasteiger charge is 2.24. The number of rotatable bonds is 7. The van der Waals surface area contributed by atoms with Gasteiger partial charge in [0, 0.05) is 24.5 Å². The van der Waals surface area contributed by atoms with E-state index in [0.29, 0.717) is 0 Å². The van der Waals surface area contributed by atoms with Crippen molar-refractivity contribution in [3.05, 3.63) is 60.2 Å². The Morgan fingerprint density at radius 3 is 2.39 bits per heavy atom. The van der Waals surface area contributed by atoms with Gasteiger partial charge in [0.25, 0.3) is 0 Å². The van der Waals surface area contributed by atoms with E-state index in [0.717, 1.165) is 30.0 Å². The maximum Gasteiger partial charge on any atom is 0.247 e. The van der Waals surface area contributed by atoms with Crippen molar-refractivity contribution in [3.63, 3.8) is 0 Å². The predicted octanol–water partition coefficient (Wildman–Crippen LogP) is 3.61. The van der Waals surface area contributed by atoms with Crippen molar-refractivity contribution in [1.82, 2.24) is 5.32 Å².